The molecule has 0 radical (unpaired) electrons. The predicted molar refractivity (Wildman–Crippen MR) is 73.1 cm³/mol. The monoisotopic (exact) mass is 284 g/mol. The molecule has 0 spiro atoms. The van der Waals surface area contributed by atoms with E-state index in [2.05, 4.69) is 4.98 Å². The molecule has 1 heterocycles. The van der Waals surface area contributed by atoms with Gasteiger partial charge in [-0.05, 0) is 24.4 Å². The molecule has 0 unspecified atom stereocenters. The van der Waals surface area contributed by atoms with Gasteiger partial charge in [0.15, 0.2) is 4.77 Å². The minimum Gasteiger partial charge on any atom is -0.332 e. The summed E-state index contributed by atoms with van der Waals surface area (Å²) < 4.78 is 23.8. The number of nitrogens with zero attached hydrogens (tertiary/aromatic N) is 1. The van der Waals surface area contributed by atoms with E-state index in [1.54, 1.807) is 24.3 Å². The molecule has 0 saturated carbocycles. The average Bonchev–Trinajstić information content (AvgIpc) is 2.27. The van der Waals surface area contributed by atoms with Gasteiger partial charge in [-0.15, -0.1) is 0 Å². The fourth-order valence-corrected chi connectivity index (χ4v) is 2.46. The number of rotatable bonds is 3. The van der Waals surface area contributed by atoms with Gasteiger partial charge in [0.2, 0.25) is 0 Å². The van der Waals surface area contributed by atoms with Crippen LogP contribution in [0.4, 0.5) is 0 Å². The van der Waals surface area contributed by atoms with Gasteiger partial charge in [0, 0.05) is 12.8 Å². The number of para-hydroxylation sites is 1. The Morgan fingerprint density at radius 1 is 1.33 bits per heavy atom. The minimum absolute atomic E-state index is 0.0673. The molecule has 5 nitrogen and oxygen atoms in total. The highest BCUT2D eigenvalue weighted by Crippen LogP contribution is 2.05. The highest BCUT2D eigenvalue weighted by atomic mass is 32.2. The van der Waals surface area contributed by atoms with E-state index in [1.807, 2.05) is 0 Å². The standard InChI is InChI=1S/C11H12N2O3S2/c1-18(15,16)7-6-13-10(14)8-4-2-3-5-9(8)12-11(13)17/h2-5H,6-7H2,1H3,(H,12,17). The van der Waals surface area contributed by atoms with Crippen LogP contribution in [0.1, 0.15) is 0 Å². The van der Waals surface area contributed by atoms with Crippen molar-refractivity contribution < 1.29 is 8.42 Å². The smallest absolute Gasteiger partial charge is 0.262 e. The van der Waals surface area contributed by atoms with Crippen molar-refractivity contribution in [2.24, 2.45) is 0 Å². The summed E-state index contributed by atoms with van der Waals surface area (Å²) in [7, 11) is -3.13. The highest BCUT2D eigenvalue weighted by Gasteiger charge is 2.08. The van der Waals surface area contributed by atoms with Crippen LogP contribution in [-0.2, 0) is 16.4 Å². The number of sulfone groups is 1. The Morgan fingerprint density at radius 2 is 2.00 bits per heavy atom. The molecule has 18 heavy (non-hydrogen) atoms. The molecule has 1 aromatic carbocycles. The first kappa shape index (κ1) is 13.0. The topological polar surface area (TPSA) is 71.9 Å². The van der Waals surface area contributed by atoms with Gasteiger partial charge in [0.1, 0.15) is 9.84 Å². The summed E-state index contributed by atoms with van der Waals surface area (Å²) in [6.45, 7) is 0.0673. The normalized spacial score (nSPS) is 11.8. The van der Waals surface area contributed by atoms with Crippen LogP contribution in [0, 0.1) is 4.77 Å². The van der Waals surface area contributed by atoms with Crippen molar-refractivity contribution in [1.29, 1.82) is 0 Å². The predicted octanol–water partition coefficient (Wildman–Crippen LogP) is 1.10. The van der Waals surface area contributed by atoms with Crippen molar-refractivity contribution in [3.05, 3.63) is 39.4 Å². The Kier molecular flexibility index (Phi) is 3.36. The largest absolute Gasteiger partial charge is 0.332 e. The summed E-state index contributed by atoms with van der Waals surface area (Å²) in [5, 5.41) is 0.500. The number of H-pyrrole nitrogens is 1. The van der Waals surface area contributed by atoms with Crippen molar-refractivity contribution in [1.82, 2.24) is 9.55 Å². The second-order valence-electron chi connectivity index (χ2n) is 4.06. The molecular weight excluding hydrogens is 272 g/mol. The Balaban J connectivity index is 2.58. The maximum Gasteiger partial charge on any atom is 0.262 e. The zero-order valence-electron chi connectivity index (χ0n) is 9.71. The van der Waals surface area contributed by atoms with E-state index in [9.17, 15) is 13.2 Å². The Hall–Kier alpha value is -1.47. The number of benzene rings is 1. The van der Waals surface area contributed by atoms with Gasteiger partial charge in [0.05, 0.1) is 16.7 Å². The van der Waals surface area contributed by atoms with Crippen LogP contribution < -0.4 is 5.56 Å². The molecule has 0 saturated heterocycles. The van der Waals surface area contributed by atoms with E-state index in [0.717, 1.165) is 6.26 Å². The van der Waals surface area contributed by atoms with Crippen molar-refractivity contribution in [2.75, 3.05) is 12.0 Å². The van der Waals surface area contributed by atoms with Crippen LogP contribution in [0.2, 0.25) is 0 Å². The SMILES string of the molecule is CS(=O)(=O)CCn1c(=S)[nH]c2ccccc2c1=O. The molecule has 0 fully saturated rings. The molecule has 0 bridgehead atoms. The summed E-state index contributed by atoms with van der Waals surface area (Å²) in [5.41, 5.74) is 0.390. The molecule has 1 N–H and O–H groups in total. The van der Waals surface area contributed by atoms with Crippen molar-refractivity contribution in [3.63, 3.8) is 0 Å². The van der Waals surface area contributed by atoms with E-state index >= 15 is 0 Å². The van der Waals surface area contributed by atoms with Crippen LogP contribution >= 0.6 is 12.2 Å². The maximum absolute atomic E-state index is 12.1. The molecule has 0 aliphatic rings. The van der Waals surface area contributed by atoms with Gasteiger partial charge in [-0.3, -0.25) is 9.36 Å². The van der Waals surface area contributed by atoms with E-state index in [-0.39, 0.29) is 22.6 Å². The number of hydrogen-bond donors (Lipinski definition) is 1. The quantitative estimate of drug-likeness (QED) is 0.857. The van der Waals surface area contributed by atoms with Crippen molar-refractivity contribution in [3.8, 4) is 0 Å². The summed E-state index contributed by atoms with van der Waals surface area (Å²) in [5.74, 6) is -0.108. The molecule has 2 rings (SSSR count). The maximum atomic E-state index is 12.1. The van der Waals surface area contributed by atoms with Gasteiger partial charge >= 0.3 is 0 Å². The number of fused-ring (bicyclic) bond motifs is 1. The van der Waals surface area contributed by atoms with Crippen LogP contribution in [0.5, 0.6) is 0 Å². The Morgan fingerprint density at radius 3 is 2.67 bits per heavy atom. The van der Waals surface area contributed by atoms with Gasteiger partial charge in [0.25, 0.3) is 5.56 Å². The third-order valence-corrected chi connectivity index (χ3v) is 3.82. The lowest BCUT2D eigenvalue weighted by Gasteiger charge is -2.07. The van der Waals surface area contributed by atoms with Gasteiger partial charge < -0.3 is 4.98 Å². The Labute approximate surface area is 109 Å². The summed E-state index contributed by atoms with van der Waals surface area (Å²) >= 11 is 5.07. The summed E-state index contributed by atoms with van der Waals surface area (Å²) in [6, 6.07) is 6.99. The average molecular weight is 284 g/mol. The molecular formula is C11H12N2O3S2. The second kappa shape index (κ2) is 4.66. The highest BCUT2D eigenvalue weighted by molar-refractivity contribution is 7.90. The van der Waals surface area contributed by atoms with Crippen molar-refractivity contribution >= 4 is 33.0 Å². The van der Waals surface area contributed by atoms with E-state index in [0.29, 0.717) is 10.9 Å². The van der Waals surface area contributed by atoms with E-state index in [4.69, 9.17) is 12.2 Å². The third kappa shape index (κ3) is 2.68. The van der Waals surface area contributed by atoms with Crippen LogP contribution in [0.25, 0.3) is 10.9 Å². The lowest BCUT2D eigenvalue weighted by atomic mass is 10.2. The zero-order chi connectivity index (χ0) is 13.3. The zero-order valence-corrected chi connectivity index (χ0v) is 11.3. The van der Waals surface area contributed by atoms with Crippen molar-refractivity contribution in [2.45, 2.75) is 6.54 Å². The molecule has 2 aromatic rings. The summed E-state index contributed by atoms with van der Waals surface area (Å²) in [6.07, 6.45) is 1.13. The number of nitrogens with one attached hydrogen (secondary N) is 1. The van der Waals surface area contributed by atoms with Gasteiger partial charge in [-0.1, -0.05) is 12.1 Å². The molecule has 0 aliphatic carbocycles. The lowest BCUT2D eigenvalue weighted by molar-refractivity contribution is 0.591. The minimum atomic E-state index is -3.13. The molecule has 1 aromatic heterocycles. The summed E-state index contributed by atoms with van der Waals surface area (Å²) in [4.78, 5) is 15.1. The number of aromatic amines is 1. The molecule has 0 amide bonds. The number of aromatic nitrogens is 2. The third-order valence-electron chi connectivity index (χ3n) is 2.58. The molecule has 0 atom stereocenters. The fraction of sp³-hybridized carbons (Fsp3) is 0.273. The molecule has 96 valence electrons. The first-order valence-electron chi connectivity index (χ1n) is 5.28. The molecule has 7 heteroatoms. The van der Waals surface area contributed by atoms with Gasteiger partial charge in [-0.25, -0.2) is 8.42 Å². The van der Waals surface area contributed by atoms with Gasteiger partial charge in [-0.2, -0.15) is 0 Å². The second-order valence-corrected chi connectivity index (χ2v) is 6.71. The van der Waals surface area contributed by atoms with Crippen LogP contribution in [-0.4, -0.2) is 30.0 Å². The van der Waals surface area contributed by atoms with Crippen LogP contribution in [0.3, 0.4) is 0 Å². The fourth-order valence-electron chi connectivity index (χ4n) is 1.66. The first-order valence-corrected chi connectivity index (χ1v) is 7.75. The van der Waals surface area contributed by atoms with E-state index < -0.39 is 9.84 Å². The number of hydrogen-bond acceptors (Lipinski definition) is 4. The first-order chi connectivity index (χ1) is 8.38. The van der Waals surface area contributed by atoms with Crippen LogP contribution in [0.15, 0.2) is 29.1 Å². The lowest BCUT2D eigenvalue weighted by Crippen LogP contribution is -2.25. The molecule has 0 aliphatic heterocycles. The van der Waals surface area contributed by atoms with E-state index in [1.165, 1.54) is 4.57 Å². The Bertz CT molecular complexity index is 803.